The van der Waals surface area contributed by atoms with Gasteiger partial charge in [-0.05, 0) is 49.8 Å². The number of ether oxygens (including phenoxy) is 1. The summed E-state index contributed by atoms with van der Waals surface area (Å²) >= 11 is 0. The van der Waals surface area contributed by atoms with Crippen molar-refractivity contribution < 1.29 is 26.7 Å². The molecule has 0 N–H and O–H groups in total. The number of piperazine rings is 1. The second kappa shape index (κ2) is 11.2. The number of anilines is 1. The zero-order valence-corrected chi connectivity index (χ0v) is 24.7. The summed E-state index contributed by atoms with van der Waals surface area (Å²) in [6.45, 7) is 7.76. The SMILES string of the molecule is C=CC(=O)N1CCN(c2nc(=O)n(-c3c(C)ccnc3S(=O)(=O)C3COC3)c3nc(-c4ccccc4F)c(F)cc23)[C@@H](C)C1. The highest BCUT2D eigenvalue weighted by Gasteiger charge is 2.38. The molecule has 44 heavy (non-hydrogen) atoms. The lowest BCUT2D eigenvalue weighted by Crippen LogP contribution is -2.54. The number of amides is 1. The first kappa shape index (κ1) is 29.5. The summed E-state index contributed by atoms with van der Waals surface area (Å²) in [6.07, 6.45) is 2.54. The van der Waals surface area contributed by atoms with Crippen LogP contribution in [0.1, 0.15) is 12.5 Å². The molecule has 228 valence electrons. The maximum Gasteiger partial charge on any atom is 0.355 e. The molecule has 0 radical (unpaired) electrons. The summed E-state index contributed by atoms with van der Waals surface area (Å²) in [5.74, 6) is -1.75. The van der Waals surface area contributed by atoms with E-state index < -0.39 is 32.4 Å². The standard InChI is InChI=1S/C30H28F2N6O5S/c1-4-24(39)36-11-12-37(18(3)14-36)27-21-13-23(32)25(20-7-5-6-8-22(20)31)34-28(21)38(30(40)35-27)26-17(2)9-10-33-29(26)44(41,42)19-15-43-16-19/h4-10,13,18-19H,1,11-12,14-16H2,2-3H3/t18-/m0/s1. The number of aryl methyl sites for hydroxylation is 1. The largest absolute Gasteiger partial charge is 0.379 e. The van der Waals surface area contributed by atoms with Crippen LogP contribution in [0, 0.1) is 18.6 Å². The van der Waals surface area contributed by atoms with Crippen LogP contribution < -0.4 is 10.6 Å². The molecule has 14 heteroatoms. The molecule has 2 fully saturated rings. The lowest BCUT2D eigenvalue weighted by atomic mass is 10.1. The summed E-state index contributed by atoms with van der Waals surface area (Å²) in [5, 5.41) is -1.14. The van der Waals surface area contributed by atoms with Crippen LogP contribution in [0.5, 0.6) is 0 Å². The number of pyridine rings is 2. The molecule has 1 atom stereocenters. The number of hydrogen-bond donors (Lipinski definition) is 0. The van der Waals surface area contributed by atoms with E-state index in [0.29, 0.717) is 5.56 Å². The Hall–Kier alpha value is -4.56. The van der Waals surface area contributed by atoms with Gasteiger partial charge in [0.05, 0.1) is 24.3 Å². The van der Waals surface area contributed by atoms with Crippen molar-refractivity contribution in [2.24, 2.45) is 0 Å². The Morgan fingerprint density at radius 3 is 2.52 bits per heavy atom. The molecule has 0 spiro atoms. The van der Waals surface area contributed by atoms with Gasteiger partial charge < -0.3 is 14.5 Å². The lowest BCUT2D eigenvalue weighted by molar-refractivity contribution is -0.126. The van der Waals surface area contributed by atoms with Crippen molar-refractivity contribution in [2.75, 3.05) is 37.7 Å². The zero-order valence-electron chi connectivity index (χ0n) is 23.9. The van der Waals surface area contributed by atoms with E-state index >= 15 is 4.39 Å². The van der Waals surface area contributed by atoms with Crippen molar-refractivity contribution in [3.05, 3.63) is 82.9 Å². The highest BCUT2D eigenvalue weighted by molar-refractivity contribution is 7.92. The minimum atomic E-state index is -4.06. The maximum absolute atomic E-state index is 15.8. The van der Waals surface area contributed by atoms with Gasteiger partial charge in [0.25, 0.3) is 0 Å². The van der Waals surface area contributed by atoms with E-state index in [0.717, 1.165) is 16.7 Å². The first-order chi connectivity index (χ1) is 21.0. The number of carbonyl (C=O) groups is 1. The van der Waals surface area contributed by atoms with E-state index in [1.54, 1.807) is 16.7 Å². The molecule has 11 nitrogen and oxygen atoms in total. The Bertz CT molecular complexity index is 2000. The van der Waals surface area contributed by atoms with E-state index in [4.69, 9.17) is 4.74 Å². The highest BCUT2D eigenvalue weighted by atomic mass is 32.2. The number of rotatable bonds is 6. The third-order valence-electron chi connectivity index (χ3n) is 7.95. The summed E-state index contributed by atoms with van der Waals surface area (Å²) in [4.78, 5) is 42.6. The van der Waals surface area contributed by atoms with Crippen molar-refractivity contribution in [2.45, 2.75) is 30.2 Å². The van der Waals surface area contributed by atoms with Gasteiger partial charge in [-0.3, -0.25) is 4.79 Å². The van der Waals surface area contributed by atoms with Gasteiger partial charge in [0.1, 0.15) is 28.4 Å². The van der Waals surface area contributed by atoms with Crippen LogP contribution in [0.15, 0.2) is 65.1 Å². The second-order valence-corrected chi connectivity index (χ2v) is 12.9. The van der Waals surface area contributed by atoms with Crippen LogP contribution in [0.4, 0.5) is 14.6 Å². The van der Waals surface area contributed by atoms with E-state index in [2.05, 4.69) is 21.5 Å². The summed E-state index contributed by atoms with van der Waals surface area (Å²) in [7, 11) is -4.06. The molecule has 5 heterocycles. The number of benzene rings is 1. The van der Waals surface area contributed by atoms with E-state index in [9.17, 15) is 22.4 Å². The average molecular weight is 623 g/mol. The normalized spacial score (nSPS) is 17.5. The molecule has 3 aromatic heterocycles. The third kappa shape index (κ3) is 4.83. The van der Waals surface area contributed by atoms with Gasteiger partial charge in [-0.1, -0.05) is 18.7 Å². The van der Waals surface area contributed by atoms with Crippen molar-refractivity contribution >= 4 is 32.6 Å². The van der Waals surface area contributed by atoms with Crippen LogP contribution >= 0.6 is 0 Å². The number of fused-ring (bicyclic) bond motifs is 1. The molecule has 1 aromatic carbocycles. The molecular weight excluding hydrogens is 594 g/mol. The summed E-state index contributed by atoms with van der Waals surface area (Å²) < 4.78 is 64.1. The average Bonchev–Trinajstić information content (AvgIpc) is 2.96. The molecule has 0 aliphatic carbocycles. The Morgan fingerprint density at radius 2 is 1.86 bits per heavy atom. The van der Waals surface area contributed by atoms with Gasteiger partial charge in [-0.2, -0.15) is 4.98 Å². The first-order valence-electron chi connectivity index (χ1n) is 13.9. The van der Waals surface area contributed by atoms with Crippen LogP contribution in [0.3, 0.4) is 0 Å². The molecule has 1 amide bonds. The van der Waals surface area contributed by atoms with E-state index in [1.165, 1.54) is 36.5 Å². The zero-order chi connectivity index (χ0) is 31.3. The molecule has 2 aliphatic rings. The maximum atomic E-state index is 15.8. The van der Waals surface area contributed by atoms with Gasteiger partial charge in [0.2, 0.25) is 15.7 Å². The molecule has 2 saturated heterocycles. The van der Waals surface area contributed by atoms with Crippen LogP contribution in [0.25, 0.3) is 28.0 Å². The Balaban J connectivity index is 1.64. The predicted octanol–water partition coefficient (Wildman–Crippen LogP) is 2.82. The molecule has 0 saturated carbocycles. The fraction of sp³-hybridized carbons (Fsp3) is 0.300. The molecule has 0 bridgehead atoms. The number of aromatic nitrogens is 4. The summed E-state index contributed by atoms with van der Waals surface area (Å²) in [5.41, 5.74) is -1.24. The van der Waals surface area contributed by atoms with Crippen molar-refractivity contribution in [3.8, 4) is 16.9 Å². The van der Waals surface area contributed by atoms with Gasteiger partial charge in [-0.15, -0.1) is 0 Å². The highest BCUT2D eigenvalue weighted by Crippen LogP contribution is 2.34. The molecule has 4 aromatic rings. The van der Waals surface area contributed by atoms with Crippen LogP contribution in [0.2, 0.25) is 0 Å². The minimum absolute atomic E-state index is 0.0245. The van der Waals surface area contributed by atoms with Gasteiger partial charge in [0, 0.05) is 37.4 Å². The number of sulfone groups is 1. The van der Waals surface area contributed by atoms with Crippen LogP contribution in [-0.4, -0.2) is 82.9 Å². The number of hydrogen-bond acceptors (Lipinski definition) is 9. The van der Waals surface area contributed by atoms with Crippen LogP contribution in [-0.2, 0) is 19.4 Å². The Kier molecular flexibility index (Phi) is 7.49. The quantitative estimate of drug-likeness (QED) is 0.298. The number of carbonyl (C=O) groups excluding carboxylic acids is 1. The topological polar surface area (TPSA) is 128 Å². The second-order valence-electron chi connectivity index (χ2n) is 10.7. The van der Waals surface area contributed by atoms with Crippen molar-refractivity contribution in [1.29, 1.82) is 0 Å². The molecule has 6 rings (SSSR count). The smallest absolute Gasteiger partial charge is 0.355 e. The molecule has 2 aliphatic heterocycles. The van der Waals surface area contributed by atoms with Gasteiger partial charge >= 0.3 is 5.69 Å². The Labute approximate surface area is 251 Å². The first-order valence-corrected chi connectivity index (χ1v) is 15.4. The fourth-order valence-corrected chi connectivity index (χ4v) is 7.12. The van der Waals surface area contributed by atoms with Crippen molar-refractivity contribution in [1.82, 2.24) is 24.4 Å². The van der Waals surface area contributed by atoms with Crippen molar-refractivity contribution in [3.63, 3.8) is 0 Å². The minimum Gasteiger partial charge on any atom is -0.379 e. The molecule has 0 unspecified atom stereocenters. The van der Waals surface area contributed by atoms with E-state index in [1.807, 2.05) is 6.92 Å². The number of nitrogens with zero attached hydrogens (tertiary/aromatic N) is 6. The van der Waals surface area contributed by atoms with Gasteiger partial charge in [0.15, 0.2) is 10.7 Å². The number of halogens is 2. The fourth-order valence-electron chi connectivity index (χ4n) is 5.53. The van der Waals surface area contributed by atoms with Gasteiger partial charge in [-0.25, -0.2) is 36.5 Å². The molecular formula is C30H28F2N6O5S. The third-order valence-corrected chi connectivity index (χ3v) is 9.94. The monoisotopic (exact) mass is 622 g/mol. The Morgan fingerprint density at radius 1 is 1.11 bits per heavy atom. The predicted molar refractivity (Wildman–Crippen MR) is 158 cm³/mol. The lowest BCUT2D eigenvalue weighted by Gasteiger charge is -2.40. The summed E-state index contributed by atoms with van der Waals surface area (Å²) in [6, 6.07) is 7.81. The van der Waals surface area contributed by atoms with E-state index in [-0.39, 0.29) is 83.6 Å².